The highest BCUT2D eigenvalue weighted by atomic mass is 16.3. The molecule has 0 spiro atoms. The van der Waals surface area contributed by atoms with Gasteiger partial charge in [0.1, 0.15) is 11.2 Å². The summed E-state index contributed by atoms with van der Waals surface area (Å²) in [6.45, 7) is 0. The van der Waals surface area contributed by atoms with E-state index < -0.39 is 0 Å². The monoisotopic (exact) mass is 663 g/mol. The average molecular weight is 664 g/mol. The van der Waals surface area contributed by atoms with Crippen LogP contribution in [0.5, 0.6) is 0 Å². The highest BCUT2D eigenvalue weighted by Gasteiger charge is 2.21. The largest absolute Gasteiger partial charge is 0.455 e. The van der Waals surface area contributed by atoms with Gasteiger partial charge in [-0.05, 0) is 75.0 Å². The molecule has 0 unspecified atom stereocenters. The summed E-state index contributed by atoms with van der Waals surface area (Å²) in [6.07, 6.45) is 0. The van der Waals surface area contributed by atoms with E-state index in [0.29, 0.717) is 0 Å². The van der Waals surface area contributed by atoms with Crippen LogP contribution in [-0.4, -0.2) is 0 Å². The van der Waals surface area contributed by atoms with Crippen LogP contribution in [-0.2, 0) is 0 Å². The molecule has 0 aliphatic carbocycles. The Hall–Kier alpha value is -6.90. The maximum absolute atomic E-state index is 6.63. The van der Waals surface area contributed by atoms with E-state index in [0.717, 1.165) is 60.9 Å². The van der Waals surface area contributed by atoms with Crippen molar-refractivity contribution in [3.8, 4) is 33.4 Å². The van der Waals surface area contributed by atoms with Crippen LogP contribution in [0.15, 0.2) is 205 Å². The number of benzene rings is 9. The predicted octanol–water partition coefficient (Wildman–Crippen LogP) is 14.4. The molecule has 244 valence electrons. The maximum Gasteiger partial charge on any atom is 0.143 e. The van der Waals surface area contributed by atoms with E-state index >= 15 is 0 Å². The number of anilines is 3. The van der Waals surface area contributed by atoms with E-state index in [1.807, 2.05) is 6.07 Å². The van der Waals surface area contributed by atoms with Gasteiger partial charge in [-0.3, -0.25) is 0 Å². The summed E-state index contributed by atoms with van der Waals surface area (Å²) in [6, 6.07) is 71.7. The van der Waals surface area contributed by atoms with Crippen molar-refractivity contribution in [1.82, 2.24) is 0 Å². The van der Waals surface area contributed by atoms with Gasteiger partial charge < -0.3 is 9.32 Å². The number of hydrogen-bond donors (Lipinski definition) is 0. The van der Waals surface area contributed by atoms with Gasteiger partial charge >= 0.3 is 0 Å². The summed E-state index contributed by atoms with van der Waals surface area (Å²) >= 11 is 0. The zero-order chi connectivity index (χ0) is 34.4. The average Bonchev–Trinajstić information content (AvgIpc) is 3.61. The predicted molar refractivity (Wildman–Crippen MR) is 220 cm³/mol. The smallest absolute Gasteiger partial charge is 0.143 e. The van der Waals surface area contributed by atoms with Crippen molar-refractivity contribution in [2.75, 3.05) is 4.90 Å². The summed E-state index contributed by atoms with van der Waals surface area (Å²) in [5, 5.41) is 6.93. The summed E-state index contributed by atoms with van der Waals surface area (Å²) < 4.78 is 6.63. The Labute approximate surface area is 302 Å². The Morgan fingerprint density at radius 3 is 1.69 bits per heavy atom. The molecule has 0 bridgehead atoms. The molecular weight excluding hydrogens is 631 g/mol. The highest BCUT2D eigenvalue weighted by Crippen LogP contribution is 2.46. The van der Waals surface area contributed by atoms with Gasteiger partial charge in [0.15, 0.2) is 0 Å². The van der Waals surface area contributed by atoms with E-state index in [1.165, 1.54) is 33.0 Å². The molecule has 0 saturated carbocycles. The Kier molecular flexibility index (Phi) is 7.18. The van der Waals surface area contributed by atoms with Crippen molar-refractivity contribution in [2.45, 2.75) is 0 Å². The van der Waals surface area contributed by atoms with Gasteiger partial charge in [0.2, 0.25) is 0 Å². The fourth-order valence-corrected chi connectivity index (χ4v) is 7.77. The maximum atomic E-state index is 6.63. The number of hydrogen-bond acceptors (Lipinski definition) is 2. The van der Waals surface area contributed by atoms with Crippen LogP contribution in [0.3, 0.4) is 0 Å². The molecule has 0 radical (unpaired) electrons. The van der Waals surface area contributed by atoms with Crippen molar-refractivity contribution in [2.24, 2.45) is 0 Å². The van der Waals surface area contributed by atoms with Crippen LogP contribution in [0, 0.1) is 0 Å². The molecule has 1 aromatic heterocycles. The molecule has 10 rings (SSSR count). The summed E-state index contributed by atoms with van der Waals surface area (Å²) in [4.78, 5) is 2.41. The second-order valence-electron chi connectivity index (χ2n) is 13.3. The van der Waals surface area contributed by atoms with Gasteiger partial charge in [-0.2, -0.15) is 0 Å². The molecule has 10 aromatic rings. The van der Waals surface area contributed by atoms with Gasteiger partial charge in [0, 0.05) is 32.8 Å². The van der Waals surface area contributed by atoms with E-state index in [1.54, 1.807) is 0 Å². The molecule has 2 nitrogen and oxygen atoms in total. The van der Waals surface area contributed by atoms with Crippen molar-refractivity contribution in [3.05, 3.63) is 200 Å². The third-order valence-corrected chi connectivity index (χ3v) is 10.3. The summed E-state index contributed by atoms with van der Waals surface area (Å²) in [7, 11) is 0. The first-order chi connectivity index (χ1) is 25.8. The van der Waals surface area contributed by atoms with Crippen LogP contribution >= 0.6 is 0 Å². The molecule has 52 heavy (non-hydrogen) atoms. The number of nitrogens with zero attached hydrogens (tertiary/aromatic N) is 1. The lowest BCUT2D eigenvalue weighted by atomic mass is 9.94. The van der Waals surface area contributed by atoms with Gasteiger partial charge in [-0.25, -0.2) is 0 Å². The molecule has 0 atom stereocenters. The number of rotatable bonds is 6. The first-order valence-corrected chi connectivity index (χ1v) is 17.8. The standard InChI is InChI=1S/C50H33NO/c1-2-12-34(13-3-1)35-24-26-36(27-25-35)37-28-31-40(32-29-37)51(46-22-11-15-38-14-4-5-17-41(38)46)47-21-8-6-18-42(47)44-20-10-16-39-30-33-45-43-19-7-9-23-48(43)52-50(45)49(39)44/h1-33H. The minimum atomic E-state index is 0.903. The molecule has 0 saturated heterocycles. The lowest BCUT2D eigenvalue weighted by molar-refractivity contribution is 0.673. The van der Waals surface area contributed by atoms with Crippen molar-refractivity contribution in [1.29, 1.82) is 0 Å². The zero-order valence-electron chi connectivity index (χ0n) is 28.4. The van der Waals surface area contributed by atoms with Crippen LogP contribution in [0.4, 0.5) is 17.1 Å². The lowest BCUT2D eigenvalue weighted by Crippen LogP contribution is -2.11. The molecule has 1 heterocycles. The second-order valence-corrected chi connectivity index (χ2v) is 13.3. The second kappa shape index (κ2) is 12.5. The van der Waals surface area contributed by atoms with Gasteiger partial charge in [0.05, 0.1) is 11.4 Å². The Balaban J connectivity index is 1.15. The van der Waals surface area contributed by atoms with Crippen molar-refractivity contribution in [3.63, 3.8) is 0 Å². The normalized spacial score (nSPS) is 11.5. The Bertz CT molecular complexity index is 2880. The molecule has 9 aromatic carbocycles. The minimum absolute atomic E-state index is 0.903. The molecule has 0 aliphatic heterocycles. The topological polar surface area (TPSA) is 16.4 Å². The van der Waals surface area contributed by atoms with Crippen LogP contribution in [0.1, 0.15) is 0 Å². The Morgan fingerprint density at radius 2 is 0.885 bits per heavy atom. The molecule has 0 amide bonds. The Morgan fingerprint density at radius 1 is 0.327 bits per heavy atom. The zero-order valence-corrected chi connectivity index (χ0v) is 28.4. The molecule has 0 fully saturated rings. The third-order valence-electron chi connectivity index (χ3n) is 10.3. The van der Waals surface area contributed by atoms with Gasteiger partial charge in [-0.15, -0.1) is 0 Å². The molecular formula is C50H33NO. The van der Waals surface area contributed by atoms with Crippen molar-refractivity contribution >= 4 is 60.5 Å². The first kappa shape index (κ1) is 30.0. The lowest BCUT2D eigenvalue weighted by Gasteiger charge is -2.29. The summed E-state index contributed by atoms with van der Waals surface area (Å²) in [5.41, 5.74) is 12.2. The number of fused-ring (bicyclic) bond motifs is 6. The summed E-state index contributed by atoms with van der Waals surface area (Å²) in [5.74, 6) is 0. The van der Waals surface area contributed by atoms with E-state index in [-0.39, 0.29) is 0 Å². The van der Waals surface area contributed by atoms with Crippen LogP contribution in [0.2, 0.25) is 0 Å². The number of para-hydroxylation sites is 2. The molecule has 0 aliphatic rings. The van der Waals surface area contributed by atoms with Crippen molar-refractivity contribution < 1.29 is 4.42 Å². The fourth-order valence-electron chi connectivity index (χ4n) is 7.77. The minimum Gasteiger partial charge on any atom is -0.455 e. The van der Waals surface area contributed by atoms with E-state index in [9.17, 15) is 0 Å². The number of furan rings is 1. The van der Waals surface area contributed by atoms with E-state index in [4.69, 9.17) is 4.42 Å². The highest BCUT2D eigenvalue weighted by molar-refractivity contribution is 6.19. The molecule has 2 heteroatoms. The fraction of sp³-hybridized carbons (Fsp3) is 0. The SMILES string of the molecule is c1ccc(-c2ccc(-c3ccc(N(c4ccccc4-c4cccc5ccc6c7ccccc7oc6c45)c4cccc5ccccc45)cc3)cc2)cc1. The third kappa shape index (κ3) is 5.04. The van der Waals surface area contributed by atoms with Crippen LogP contribution in [0.25, 0.3) is 76.9 Å². The first-order valence-electron chi connectivity index (χ1n) is 17.8. The molecule has 0 N–H and O–H groups in total. The van der Waals surface area contributed by atoms with Crippen LogP contribution < -0.4 is 4.90 Å². The van der Waals surface area contributed by atoms with E-state index in [2.05, 4.69) is 199 Å². The quantitative estimate of drug-likeness (QED) is 0.176. The van der Waals surface area contributed by atoms with Gasteiger partial charge in [0.25, 0.3) is 0 Å². The van der Waals surface area contributed by atoms with Gasteiger partial charge in [-0.1, -0.05) is 164 Å².